The number of hydrogen-bond donors (Lipinski definition) is 1. The number of hydrogen-bond acceptors (Lipinski definition) is 3. The third-order valence-corrected chi connectivity index (χ3v) is 4.69. The first kappa shape index (κ1) is 19.7. The molecule has 1 N–H and O–H groups in total. The van der Waals surface area contributed by atoms with Crippen LogP contribution < -0.4 is 5.32 Å². The van der Waals surface area contributed by atoms with Crippen molar-refractivity contribution in [3.8, 4) is 0 Å². The summed E-state index contributed by atoms with van der Waals surface area (Å²) < 4.78 is 41.0. The highest BCUT2D eigenvalue weighted by Crippen LogP contribution is 2.28. The first-order valence-electron chi connectivity index (χ1n) is 9.20. The monoisotopic (exact) mass is 413 g/mol. The van der Waals surface area contributed by atoms with Crippen LogP contribution in [0.15, 0.2) is 60.9 Å². The Kier molecular flexibility index (Phi) is 5.03. The van der Waals surface area contributed by atoms with Crippen LogP contribution in [0.25, 0.3) is 10.8 Å². The molecule has 0 aliphatic carbocycles. The van der Waals surface area contributed by atoms with Crippen molar-refractivity contribution in [3.05, 3.63) is 77.9 Å². The van der Waals surface area contributed by atoms with Crippen LogP contribution in [0.4, 0.5) is 18.9 Å². The Balaban J connectivity index is 1.43. The predicted octanol–water partition coefficient (Wildman–Crippen LogP) is 4.25. The predicted molar refractivity (Wildman–Crippen MR) is 106 cm³/mol. The minimum absolute atomic E-state index is 0.254. The van der Waals surface area contributed by atoms with E-state index < -0.39 is 17.8 Å². The molecule has 4 rings (SSSR count). The first-order chi connectivity index (χ1) is 14.3. The van der Waals surface area contributed by atoms with Gasteiger partial charge in [-0.1, -0.05) is 42.5 Å². The van der Waals surface area contributed by atoms with Crippen LogP contribution in [-0.2, 0) is 24.1 Å². The molecular formula is C21H18F3N5O. The molecule has 6 nitrogen and oxygen atoms in total. The topological polar surface area (TPSA) is 64.7 Å². The minimum atomic E-state index is -4.55. The average Bonchev–Trinajstić information content (AvgIpc) is 3.28. The summed E-state index contributed by atoms with van der Waals surface area (Å²) in [4.78, 5) is 12.2. The summed E-state index contributed by atoms with van der Waals surface area (Å²) in [6.45, 7) is 1.67. The smallest absolute Gasteiger partial charge is 0.322 e. The van der Waals surface area contributed by atoms with E-state index in [4.69, 9.17) is 0 Å². The van der Waals surface area contributed by atoms with Crippen molar-refractivity contribution < 1.29 is 18.0 Å². The number of carbonyl (C=O) groups is 1. The molecule has 2 aromatic heterocycles. The molecule has 0 saturated carbocycles. The summed E-state index contributed by atoms with van der Waals surface area (Å²) in [5.74, 6) is -0.486. The number of aromatic nitrogens is 4. The molecule has 0 spiro atoms. The van der Waals surface area contributed by atoms with E-state index >= 15 is 0 Å². The molecule has 154 valence electrons. The van der Waals surface area contributed by atoms with Gasteiger partial charge in [-0.05, 0) is 29.3 Å². The van der Waals surface area contributed by atoms with Crippen LogP contribution in [0.5, 0.6) is 0 Å². The Morgan fingerprint density at radius 3 is 2.67 bits per heavy atom. The number of rotatable bonds is 5. The van der Waals surface area contributed by atoms with Crippen LogP contribution in [0, 0.1) is 6.92 Å². The van der Waals surface area contributed by atoms with Gasteiger partial charge in [-0.2, -0.15) is 23.4 Å². The quantitative estimate of drug-likeness (QED) is 0.532. The summed E-state index contributed by atoms with van der Waals surface area (Å²) in [6.07, 6.45) is -1.37. The highest BCUT2D eigenvalue weighted by atomic mass is 19.4. The fraction of sp³-hybridized carbons (Fsp3) is 0.190. The van der Waals surface area contributed by atoms with Gasteiger partial charge in [0.25, 0.3) is 0 Å². The molecule has 0 radical (unpaired) electrons. The zero-order valence-electron chi connectivity index (χ0n) is 16.0. The molecular weight excluding hydrogens is 395 g/mol. The molecule has 0 aliphatic rings. The van der Waals surface area contributed by atoms with E-state index in [0.29, 0.717) is 12.2 Å². The zero-order valence-corrected chi connectivity index (χ0v) is 16.0. The Labute approximate surface area is 169 Å². The molecule has 0 unspecified atom stereocenters. The van der Waals surface area contributed by atoms with Crippen molar-refractivity contribution >= 4 is 22.4 Å². The van der Waals surface area contributed by atoms with Gasteiger partial charge < -0.3 is 5.32 Å². The maximum Gasteiger partial charge on any atom is 0.435 e. The molecule has 1 amide bonds. The van der Waals surface area contributed by atoms with E-state index in [-0.39, 0.29) is 12.2 Å². The van der Waals surface area contributed by atoms with E-state index in [1.807, 2.05) is 42.5 Å². The SMILES string of the molecule is Cc1cc(C(F)(F)F)nn1CC(=O)Nc1cnn(Cc2cccc3ccccc23)c1. The van der Waals surface area contributed by atoms with E-state index in [9.17, 15) is 18.0 Å². The van der Waals surface area contributed by atoms with E-state index in [1.165, 1.54) is 13.1 Å². The molecule has 0 atom stereocenters. The third kappa shape index (κ3) is 4.19. The van der Waals surface area contributed by atoms with Crippen LogP contribution in [0.1, 0.15) is 17.0 Å². The summed E-state index contributed by atoms with van der Waals surface area (Å²) in [5, 5.41) is 12.6. The van der Waals surface area contributed by atoms with Gasteiger partial charge in [0.1, 0.15) is 6.54 Å². The number of carbonyl (C=O) groups excluding carboxylic acids is 1. The Hall–Kier alpha value is -3.62. The Morgan fingerprint density at radius 1 is 1.13 bits per heavy atom. The molecule has 2 aromatic carbocycles. The van der Waals surface area contributed by atoms with E-state index in [2.05, 4.69) is 15.5 Å². The maximum absolute atomic E-state index is 12.8. The van der Waals surface area contributed by atoms with Gasteiger partial charge in [-0.15, -0.1) is 0 Å². The van der Waals surface area contributed by atoms with Gasteiger partial charge in [0.05, 0.1) is 18.4 Å². The van der Waals surface area contributed by atoms with Gasteiger partial charge >= 0.3 is 6.18 Å². The molecule has 2 heterocycles. The highest BCUT2D eigenvalue weighted by Gasteiger charge is 2.34. The van der Waals surface area contributed by atoms with Gasteiger partial charge in [0.15, 0.2) is 5.69 Å². The Morgan fingerprint density at radius 2 is 1.90 bits per heavy atom. The highest BCUT2D eigenvalue weighted by molar-refractivity contribution is 5.90. The molecule has 0 saturated heterocycles. The lowest BCUT2D eigenvalue weighted by molar-refractivity contribution is -0.141. The number of alkyl halides is 3. The van der Waals surface area contributed by atoms with Crippen LogP contribution >= 0.6 is 0 Å². The van der Waals surface area contributed by atoms with Crippen molar-refractivity contribution in [2.45, 2.75) is 26.2 Å². The van der Waals surface area contributed by atoms with Gasteiger partial charge in [-0.3, -0.25) is 14.2 Å². The zero-order chi connectivity index (χ0) is 21.3. The lowest BCUT2D eigenvalue weighted by atomic mass is 10.0. The van der Waals surface area contributed by atoms with Gasteiger partial charge in [0, 0.05) is 11.9 Å². The summed E-state index contributed by atoms with van der Waals surface area (Å²) in [7, 11) is 0. The maximum atomic E-state index is 12.8. The number of benzene rings is 2. The number of aryl methyl sites for hydroxylation is 1. The largest absolute Gasteiger partial charge is 0.435 e. The van der Waals surface area contributed by atoms with Crippen molar-refractivity contribution in [3.63, 3.8) is 0 Å². The summed E-state index contributed by atoms with van der Waals surface area (Å²) in [6, 6.07) is 15.0. The van der Waals surface area contributed by atoms with Gasteiger partial charge in [0.2, 0.25) is 5.91 Å². The number of nitrogens with one attached hydrogen (secondary N) is 1. The normalized spacial score (nSPS) is 11.7. The fourth-order valence-corrected chi connectivity index (χ4v) is 3.26. The summed E-state index contributed by atoms with van der Waals surface area (Å²) >= 11 is 0. The molecule has 30 heavy (non-hydrogen) atoms. The molecule has 0 aliphatic heterocycles. The number of nitrogens with zero attached hydrogens (tertiary/aromatic N) is 4. The molecule has 9 heteroatoms. The van der Waals surface area contributed by atoms with Crippen LogP contribution in [0.2, 0.25) is 0 Å². The van der Waals surface area contributed by atoms with Crippen molar-refractivity contribution in [1.29, 1.82) is 0 Å². The number of anilines is 1. The van der Waals surface area contributed by atoms with Crippen LogP contribution in [-0.4, -0.2) is 25.5 Å². The summed E-state index contributed by atoms with van der Waals surface area (Å²) in [5.41, 5.74) is 0.779. The van der Waals surface area contributed by atoms with Gasteiger partial charge in [-0.25, -0.2) is 0 Å². The second-order valence-electron chi connectivity index (χ2n) is 6.94. The average molecular weight is 413 g/mol. The lowest BCUT2D eigenvalue weighted by Crippen LogP contribution is -2.20. The van der Waals surface area contributed by atoms with Crippen LogP contribution in [0.3, 0.4) is 0 Å². The molecule has 4 aromatic rings. The Bertz CT molecular complexity index is 1200. The number of fused-ring (bicyclic) bond motifs is 1. The van der Waals surface area contributed by atoms with Crippen molar-refractivity contribution in [2.24, 2.45) is 0 Å². The number of halogens is 3. The first-order valence-corrected chi connectivity index (χ1v) is 9.20. The second-order valence-corrected chi connectivity index (χ2v) is 6.94. The number of amides is 1. The van der Waals surface area contributed by atoms with Crippen molar-refractivity contribution in [1.82, 2.24) is 19.6 Å². The lowest BCUT2D eigenvalue weighted by Gasteiger charge is -2.07. The third-order valence-electron chi connectivity index (χ3n) is 4.69. The van der Waals surface area contributed by atoms with E-state index in [1.54, 1.807) is 10.9 Å². The van der Waals surface area contributed by atoms with Crippen molar-refractivity contribution in [2.75, 3.05) is 5.32 Å². The van der Waals surface area contributed by atoms with E-state index in [0.717, 1.165) is 27.1 Å². The second kappa shape index (κ2) is 7.66. The fourth-order valence-electron chi connectivity index (χ4n) is 3.26. The standard InChI is InChI=1S/C21H18F3N5O/c1-14-9-19(21(22,23)24)27-29(14)13-20(30)26-17-10-25-28(12-17)11-16-7-4-6-15-5-2-3-8-18(15)16/h2-10,12H,11,13H2,1H3,(H,26,30). The molecule has 0 fully saturated rings. The molecule has 0 bridgehead atoms. The minimum Gasteiger partial charge on any atom is -0.322 e.